The molecule has 7 nitrogen and oxygen atoms in total. The molecule has 0 aliphatic carbocycles. The van der Waals surface area contributed by atoms with Crippen molar-refractivity contribution in [2.24, 2.45) is 0 Å². The van der Waals surface area contributed by atoms with Gasteiger partial charge < -0.3 is 10.1 Å². The zero-order chi connectivity index (χ0) is 20.2. The van der Waals surface area contributed by atoms with Gasteiger partial charge in [0.2, 0.25) is 10.0 Å². The van der Waals surface area contributed by atoms with E-state index in [1.165, 1.54) is 7.05 Å². The molecule has 0 aromatic heterocycles. The summed E-state index contributed by atoms with van der Waals surface area (Å²) in [7, 11) is -1.92. The summed E-state index contributed by atoms with van der Waals surface area (Å²) in [5, 5.41) is 2.74. The Kier molecular flexibility index (Phi) is 6.22. The molecule has 0 bridgehead atoms. The molecule has 0 atom stereocenters. The van der Waals surface area contributed by atoms with Crippen LogP contribution in [-0.2, 0) is 14.8 Å². The Balaban J connectivity index is 2.14. The Morgan fingerprint density at radius 2 is 1.67 bits per heavy atom. The van der Waals surface area contributed by atoms with Crippen LogP contribution in [-0.4, -0.2) is 40.2 Å². The summed E-state index contributed by atoms with van der Waals surface area (Å²) < 4.78 is 29.4. The summed E-state index contributed by atoms with van der Waals surface area (Å²) in [5.41, 5.74) is 2.50. The minimum absolute atomic E-state index is 0.293. The van der Waals surface area contributed by atoms with E-state index in [0.717, 1.165) is 10.6 Å². The summed E-state index contributed by atoms with van der Waals surface area (Å²) in [4.78, 5) is 24.1. The fourth-order valence-corrected chi connectivity index (χ4v) is 3.00. The van der Waals surface area contributed by atoms with Crippen LogP contribution in [0, 0.1) is 6.92 Å². The number of hydrogen-bond acceptors (Lipinski definition) is 5. The van der Waals surface area contributed by atoms with Gasteiger partial charge in [-0.3, -0.25) is 9.10 Å². The molecule has 0 spiro atoms. The number of ether oxygens (including phenoxy) is 1. The van der Waals surface area contributed by atoms with Crippen molar-refractivity contribution >= 4 is 33.3 Å². The standard InChI is InChI=1S/C19H22N2O5S/c1-5-26-19(23)14-6-9-16(10-7-14)20-18(22)15-8-11-17(13(2)12-15)21(3)27(4,24)25/h6-12H,5H2,1-4H3,(H,20,22). The van der Waals surface area contributed by atoms with Crippen LogP contribution in [0.3, 0.4) is 0 Å². The van der Waals surface area contributed by atoms with E-state index < -0.39 is 16.0 Å². The third kappa shape index (κ3) is 5.07. The van der Waals surface area contributed by atoms with Gasteiger partial charge >= 0.3 is 5.97 Å². The number of hydrogen-bond donors (Lipinski definition) is 1. The van der Waals surface area contributed by atoms with Crippen LogP contribution in [0.1, 0.15) is 33.2 Å². The fourth-order valence-electron chi connectivity index (χ4n) is 2.44. The first-order chi connectivity index (χ1) is 12.6. The van der Waals surface area contributed by atoms with E-state index in [-0.39, 0.29) is 5.91 Å². The molecule has 0 aliphatic rings. The van der Waals surface area contributed by atoms with Gasteiger partial charge in [0.05, 0.1) is 24.1 Å². The number of nitrogens with one attached hydrogen (secondary N) is 1. The molecule has 0 heterocycles. The molecule has 2 rings (SSSR count). The SMILES string of the molecule is CCOC(=O)c1ccc(NC(=O)c2ccc(N(C)S(C)(=O)=O)c(C)c2)cc1. The van der Waals surface area contributed by atoms with E-state index in [0.29, 0.717) is 34.7 Å². The minimum Gasteiger partial charge on any atom is -0.462 e. The van der Waals surface area contributed by atoms with E-state index in [4.69, 9.17) is 4.74 Å². The highest BCUT2D eigenvalue weighted by atomic mass is 32.2. The lowest BCUT2D eigenvalue weighted by atomic mass is 10.1. The third-order valence-electron chi connectivity index (χ3n) is 3.95. The van der Waals surface area contributed by atoms with Crippen LogP contribution in [0.5, 0.6) is 0 Å². The van der Waals surface area contributed by atoms with Gasteiger partial charge in [0.25, 0.3) is 5.91 Å². The van der Waals surface area contributed by atoms with Gasteiger partial charge in [-0.25, -0.2) is 13.2 Å². The molecular weight excluding hydrogens is 368 g/mol. The number of benzene rings is 2. The van der Waals surface area contributed by atoms with Crippen LogP contribution in [0.25, 0.3) is 0 Å². The number of esters is 1. The molecule has 0 unspecified atom stereocenters. The number of rotatable bonds is 6. The molecule has 0 saturated heterocycles. The van der Waals surface area contributed by atoms with Crippen molar-refractivity contribution in [1.29, 1.82) is 0 Å². The Morgan fingerprint density at radius 1 is 1.07 bits per heavy atom. The highest BCUT2D eigenvalue weighted by molar-refractivity contribution is 7.92. The highest BCUT2D eigenvalue weighted by Gasteiger charge is 2.16. The monoisotopic (exact) mass is 390 g/mol. The van der Waals surface area contributed by atoms with Gasteiger partial charge in [0.1, 0.15) is 0 Å². The summed E-state index contributed by atoms with van der Waals surface area (Å²) in [6, 6.07) is 11.2. The number of sulfonamides is 1. The molecule has 0 saturated carbocycles. The first-order valence-electron chi connectivity index (χ1n) is 8.26. The van der Waals surface area contributed by atoms with Crippen molar-refractivity contribution in [2.75, 3.05) is 29.5 Å². The Hall–Kier alpha value is -2.87. The van der Waals surface area contributed by atoms with Crippen molar-refractivity contribution in [3.63, 3.8) is 0 Å². The Bertz CT molecular complexity index is 953. The maximum atomic E-state index is 12.4. The number of carbonyl (C=O) groups is 2. The summed E-state index contributed by atoms with van der Waals surface area (Å²) in [6.07, 6.45) is 1.12. The first kappa shape index (κ1) is 20.4. The molecule has 1 amide bonds. The molecule has 2 aromatic rings. The number of anilines is 2. The molecule has 144 valence electrons. The third-order valence-corrected chi connectivity index (χ3v) is 5.14. The van der Waals surface area contributed by atoms with Crippen molar-refractivity contribution in [2.45, 2.75) is 13.8 Å². The second-order valence-corrected chi connectivity index (χ2v) is 8.00. The Morgan fingerprint density at radius 3 is 2.19 bits per heavy atom. The van der Waals surface area contributed by atoms with E-state index in [9.17, 15) is 18.0 Å². The van der Waals surface area contributed by atoms with Crippen molar-refractivity contribution < 1.29 is 22.7 Å². The predicted octanol–water partition coefficient (Wildman–Crippen LogP) is 2.82. The zero-order valence-corrected chi connectivity index (χ0v) is 16.5. The number of aryl methyl sites for hydroxylation is 1. The number of amides is 1. The molecule has 27 heavy (non-hydrogen) atoms. The maximum absolute atomic E-state index is 12.4. The minimum atomic E-state index is -3.38. The fraction of sp³-hybridized carbons (Fsp3) is 0.263. The summed E-state index contributed by atoms with van der Waals surface area (Å²) >= 11 is 0. The molecule has 2 aromatic carbocycles. The highest BCUT2D eigenvalue weighted by Crippen LogP contribution is 2.23. The van der Waals surface area contributed by atoms with Crippen LogP contribution in [0.15, 0.2) is 42.5 Å². The molecule has 0 radical (unpaired) electrons. The maximum Gasteiger partial charge on any atom is 0.338 e. The van der Waals surface area contributed by atoms with E-state index in [2.05, 4.69) is 5.32 Å². The number of carbonyl (C=O) groups excluding carboxylic acids is 2. The second kappa shape index (κ2) is 8.22. The summed E-state index contributed by atoms with van der Waals surface area (Å²) in [6.45, 7) is 3.76. The summed E-state index contributed by atoms with van der Waals surface area (Å²) in [5.74, 6) is -0.757. The average Bonchev–Trinajstić information content (AvgIpc) is 2.61. The molecule has 0 fully saturated rings. The molecule has 1 N–H and O–H groups in total. The van der Waals surface area contributed by atoms with Gasteiger partial charge in [0.15, 0.2) is 0 Å². The average molecular weight is 390 g/mol. The lowest BCUT2D eigenvalue weighted by Crippen LogP contribution is -2.25. The van der Waals surface area contributed by atoms with Gasteiger partial charge in [-0.2, -0.15) is 0 Å². The van der Waals surface area contributed by atoms with Gasteiger partial charge in [-0.15, -0.1) is 0 Å². The predicted molar refractivity (Wildman–Crippen MR) is 105 cm³/mol. The largest absolute Gasteiger partial charge is 0.462 e. The number of nitrogens with zero attached hydrogens (tertiary/aromatic N) is 1. The van der Waals surface area contributed by atoms with Gasteiger partial charge in [0, 0.05) is 18.3 Å². The van der Waals surface area contributed by atoms with E-state index >= 15 is 0 Å². The normalized spacial score (nSPS) is 11.0. The van der Waals surface area contributed by atoms with Crippen LogP contribution < -0.4 is 9.62 Å². The van der Waals surface area contributed by atoms with Crippen LogP contribution in [0.2, 0.25) is 0 Å². The zero-order valence-electron chi connectivity index (χ0n) is 15.6. The van der Waals surface area contributed by atoms with E-state index in [1.807, 2.05) is 0 Å². The Labute approximate surface area is 159 Å². The quantitative estimate of drug-likeness (QED) is 0.766. The van der Waals surface area contributed by atoms with Gasteiger partial charge in [-0.05, 0) is 61.9 Å². The van der Waals surface area contributed by atoms with E-state index in [1.54, 1.807) is 56.3 Å². The van der Waals surface area contributed by atoms with Crippen molar-refractivity contribution in [3.8, 4) is 0 Å². The van der Waals surface area contributed by atoms with Crippen molar-refractivity contribution in [3.05, 3.63) is 59.2 Å². The molecule has 0 aliphatic heterocycles. The molecule has 8 heteroatoms. The second-order valence-electron chi connectivity index (χ2n) is 5.98. The van der Waals surface area contributed by atoms with Crippen LogP contribution in [0.4, 0.5) is 11.4 Å². The first-order valence-corrected chi connectivity index (χ1v) is 10.1. The van der Waals surface area contributed by atoms with Crippen LogP contribution >= 0.6 is 0 Å². The lowest BCUT2D eigenvalue weighted by Gasteiger charge is -2.19. The smallest absolute Gasteiger partial charge is 0.338 e. The lowest BCUT2D eigenvalue weighted by molar-refractivity contribution is 0.0526. The van der Waals surface area contributed by atoms with Gasteiger partial charge in [-0.1, -0.05) is 0 Å². The topological polar surface area (TPSA) is 92.8 Å². The van der Waals surface area contributed by atoms with Crippen molar-refractivity contribution in [1.82, 2.24) is 0 Å². The molecular formula is C19H22N2O5S.